The van der Waals surface area contributed by atoms with Crippen molar-refractivity contribution in [3.63, 3.8) is 0 Å². The van der Waals surface area contributed by atoms with Crippen molar-refractivity contribution in [3.8, 4) is 0 Å². The molecule has 0 unspecified atom stereocenters. The molecule has 0 spiro atoms. The summed E-state index contributed by atoms with van der Waals surface area (Å²) in [5.74, 6) is 0.204. The molecule has 0 aliphatic heterocycles. The van der Waals surface area contributed by atoms with Crippen LogP contribution in [0.4, 0.5) is 11.4 Å². The largest absolute Gasteiger partial charge is 0.398 e. The van der Waals surface area contributed by atoms with Gasteiger partial charge in [-0.1, -0.05) is 19.9 Å². The standard InChI is InChI=1S/C12H20N2O2S/c1-8(2)7-17(15,16)14-12-6-11(13)9(3)5-10(12)4/h5-6,8,14H,7,13H2,1-4H3. The highest BCUT2D eigenvalue weighted by Gasteiger charge is 2.14. The maximum Gasteiger partial charge on any atom is 0.232 e. The summed E-state index contributed by atoms with van der Waals surface area (Å²) in [5.41, 5.74) is 8.77. The summed E-state index contributed by atoms with van der Waals surface area (Å²) in [6.07, 6.45) is 0. The quantitative estimate of drug-likeness (QED) is 0.812. The Balaban J connectivity index is 3.00. The third kappa shape index (κ3) is 3.93. The fourth-order valence-corrected chi connectivity index (χ4v) is 3.14. The van der Waals surface area contributed by atoms with Crippen LogP contribution in [0.3, 0.4) is 0 Å². The van der Waals surface area contributed by atoms with E-state index in [9.17, 15) is 8.42 Å². The number of rotatable bonds is 4. The molecule has 96 valence electrons. The van der Waals surface area contributed by atoms with Crippen molar-refractivity contribution in [2.75, 3.05) is 16.2 Å². The normalized spacial score (nSPS) is 11.8. The van der Waals surface area contributed by atoms with Gasteiger partial charge in [0, 0.05) is 5.69 Å². The van der Waals surface area contributed by atoms with Crippen LogP contribution in [0.1, 0.15) is 25.0 Å². The fraction of sp³-hybridized carbons (Fsp3) is 0.500. The summed E-state index contributed by atoms with van der Waals surface area (Å²) >= 11 is 0. The number of aryl methyl sites for hydroxylation is 2. The number of nitrogens with one attached hydrogen (secondary N) is 1. The monoisotopic (exact) mass is 256 g/mol. The molecule has 17 heavy (non-hydrogen) atoms. The summed E-state index contributed by atoms with van der Waals surface area (Å²) in [5, 5.41) is 0. The molecule has 0 fully saturated rings. The molecule has 0 bridgehead atoms. The van der Waals surface area contributed by atoms with Crippen LogP contribution in [0.15, 0.2) is 12.1 Å². The Morgan fingerprint density at radius 3 is 2.35 bits per heavy atom. The van der Waals surface area contributed by atoms with Gasteiger partial charge in [0.15, 0.2) is 0 Å². The Hall–Kier alpha value is -1.23. The first-order valence-electron chi connectivity index (χ1n) is 5.58. The number of nitrogens with two attached hydrogens (primary N) is 1. The van der Waals surface area contributed by atoms with E-state index in [-0.39, 0.29) is 11.7 Å². The highest BCUT2D eigenvalue weighted by Crippen LogP contribution is 2.23. The zero-order valence-electron chi connectivity index (χ0n) is 10.7. The molecule has 0 aliphatic rings. The lowest BCUT2D eigenvalue weighted by molar-refractivity contribution is 0.587. The highest BCUT2D eigenvalue weighted by molar-refractivity contribution is 7.92. The lowest BCUT2D eigenvalue weighted by atomic mass is 10.1. The van der Waals surface area contributed by atoms with Gasteiger partial charge in [-0.15, -0.1) is 0 Å². The summed E-state index contributed by atoms with van der Waals surface area (Å²) in [4.78, 5) is 0. The molecule has 4 nitrogen and oxygen atoms in total. The minimum atomic E-state index is -3.29. The molecular weight excluding hydrogens is 236 g/mol. The van der Waals surface area contributed by atoms with Crippen LogP contribution in [0.25, 0.3) is 0 Å². The third-order valence-corrected chi connectivity index (χ3v) is 4.07. The highest BCUT2D eigenvalue weighted by atomic mass is 32.2. The van der Waals surface area contributed by atoms with E-state index in [0.717, 1.165) is 11.1 Å². The van der Waals surface area contributed by atoms with Gasteiger partial charge in [0.05, 0.1) is 11.4 Å². The second kappa shape index (κ2) is 4.96. The molecule has 1 rings (SSSR count). The van der Waals surface area contributed by atoms with Crippen molar-refractivity contribution < 1.29 is 8.42 Å². The van der Waals surface area contributed by atoms with E-state index in [1.807, 2.05) is 33.8 Å². The first kappa shape index (κ1) is 13.8. The summed E-state index contributed by atoms with van der Waals surface area (Å²) in [6.45, 7) is 7.50. The Kier molecular flexibility index (Phi) is 4.03. The zero-order valence-corrected chi connectivity index (χ0v) is 11.6. The molecular formula is C12H20N2O2S. The Morgan fingerprint density at radius 1 is 1.24 bits per heavy atom. The van der Waals surface area contributed by atoms with Crippen molar-refractivity contribution >= 4 is 21.4 Å². The molecule has 1 aromatic rings. The van der Waals surface area contributed by atoms with E-state index in [0.29, 0.717) is 11.4 Å². The van der Waals surface area contributed by atoms with Crippen molar-refractivity contribution in [2.45, 2.75) is 27.7 Å². The topological polar surface area (TPSA) is 72.2 Å². The lowest BCUT2D eigenvalue weighted by Gasteiger charge is -2.13. The van der Waals surface area contributed by atoms with Crippen molar-refractivity contribution in [1.82, 2.24) is 0 Å². The van der Waals surface area contributed by atoms with Crippen LogP contribution >= 0.6 is 0 Å². The van der Waals surface area contributed by atoms with Crippen LogP contribution in [-0.4, -0.2) is 14.2 Å². The second-order valence-corrected chi connectivity index (χ2v) is 6.57. The summed E-state index contributed by atoms with van der Waals surface area (Å²) in [7, 11) is -3.29. The second-order valence-electron chi connectivity index (χ2n) is 4.80. The number of hydrogen-bond acceptors (Lipinski definition) is 3. The van der Waals surface area contributed by atoms with E-state index >= 15 is 0 Å². The number of benzene rings is 1. The number of anilines is 2. The van der Waals surface area contributed by atoms with Gasteiger partial charge < -0.3 is 5.73 Å². The fourth-order valence-electron chi connectivity index (χ4n) is 1.63. The minimum absolute atomic E-state index is 0.0931. The van der Waals surface area contributed by atoms with E-state index in [2.05, 4.69) is 4.72 Å². The van der Waals surface area contributed by atoms with E-state index in [1.165, 1.54) is 0 Å². The molecule has 0 atom stereocenters. The SMILES string of the molecule is Cc1cc(C)c(NS(=O)(=O)CC(C)C)cc1N. The molecule has 0 aromatic heterocycles. The van der Waals surface area contributed by atoms with Gasteiger partial charge in [0.1, 0.15) is 0 Å². The average Bonchev–Trinajstić information content (AvgIpc) is 2.11. The molecule has 5 heteroatoms. The molecule has 0 radical (unpaired) electrons. The Labute approximate surface area is 103 Å². The van der Waals surface area contributed by atoms with Gasteiger partial charge in [0.25, 0.3) is 0 Å². The maximum atomic E-state index is 11.8. The van der Waals surface area contributed by atoms with E-state index in [1.54, 1.807) is 6.07 Å². The van der Waals surface area contributed by atoms with Crippen LogP contribution in [0.2, 0.25) is 0 Å². The number of nitrogen functional groups attached to an aromatic ring is 1. The zero-order chi connectivity index (χ0) is 13.2. The third-order valence-electron chi connectivity index (χ3n) is 2.43. The lowest BCUT2D eigenvalue weighted by Crippen LogP contribution is -2.20. The van der Waals surface area contributed by atoms with Gasteiger partial charge in [0.2, 0.25) is 10.0 Å². The molecule has 0 heterocycles. The molecule has 0 amide bonds. The number of hydrogen-bond donors (Lipinski definition) is 2. The molecule has 1 aromatic carbocycles. The number of sulfonamides is 1. The van der Waals surface area contributed by atoms with Crippen molar-refractivity contribution in [1.29, 1.82) is 0 Å². The van der Waals surface area contributed by atoms with Gasteiger partial charge in [-0.05, 0) is 37.0 Å². The average molecular weight is 256 g/mol. The first-order chi connectivity index (χ1) is 7.71. The van der Waals surface area contributed by atoms with Gasteiger partial charge in [-0.2, -0.15) is 0 Å². The van der Waals surface area contributed by atoms with Crippen LogP contribution in [-0.2, 0) is 10.0 Å². The predicted molar refractivity (Wildman–Crippen MR) is 72.6 cm³/mol. The van der Waals surface area contributed by atoms with Crippen molar-refractivity contribution in [2.24, 2.45) is 5.92 Å². The smallest absolute Gasteiger partial charge is 0.232 e. The Bertz CT molecular complexity index is 507. The summed E-state index contributed by atoms with van der Waals surface area (Å²) in [6, 6.07) is 3.55. The van der Waals surface area contributed by atoms with Crippen LogP contribution < -0.4 is 10.5 Å². The van der Waals surface area contributed by atoms with Gasteiger partial charge >= 0.3 is 0 Å². The minimum Gasteiger partial charge on any atom is -0.398 e. The molecule has 0 aliphatic carbocycles. The molecule has 0 saturated heterocycles. The van der Waals surface area contributed by atoms with Crippen LogP contribution in [0, 0.1) is 19.8 Å². The van der Waals surface area contributed by atoms with Crippen molar-refractivity contribution in [3.05, 3.63) is 23.3 Å². The van der Waals surface area contributed by atoms with E-state index < -0.39 is 10.0 Å². The first-order valence-corrected chi connectivity index (χ1v) is 7.23. The maximum absolute atomic E-state index is 11.8. The summed E-state index contributed by atoms with van der Waals surface area (Å²) < 4.78 is 26.2. The molecule has 0 saturated carbocycles. The van der Waals surface area contributed by atoms with Gasteiger partial charge in [-0.25, -0.2) is 8.42 Å². The molecule has 3 N–H and O–H groups in total. The Morgan fingerprint density at radius 2 is 1.82 bits per heavy atom. The predicted octanol–water partition coefficient (Wildman–Crippen LogP) is 2.28. The van der Waals surface area contributed by atoms with Crippen LogP contribution in [0.5, 0.6) is 0 Å². The van der Waals surface area contributed by atoms with Gasteiger partial charge in [-0.3, -0.25) is 4.72 Å². The van der Waals surface area contributed by atoms with E-state index in [4.69, 9.17) is 5.73 Å².